The summed E-state index contributed by atoms with van der Waals surface area (Å²) in [5.74, 6) is -0.174. The normalized spacial score (nSPS) is 13.2. The fourth-order valence-electron chi connectivity index (χ4n) is 0.360. The third-order valence-electron chi connectivity index (χ3n) is 0.959. The molecule has 54 valence electrons. The van der Waals surface area contributed by atoms with Crippen molar-refractivity contribution >= 4 is 16.8 Å². The highest BCUT2D eigenvalue weighted by atomic mass is 35.5. The van der Waals surface area contributed by atoms with E-state index in [2.05, 4.69) is 0 Å². The molecule has 0 aromatic carbocycles. The molecule has 0 aliphatic heterocycles. The molecule has 0 saturated carbocycles. The lowest BCUT2D eigenvalue weighted by molar-refractivity contribution is -0.116. The molecule has 0 spiro atoms. The van der Waals surface area contributed by atoms with Gasteiger partial charge in [0.25, 0.3) is 0 Å². The van der Waals surface area contributed by atoms with Crippen LogP contribution in [0.25, 0.3) is 0 Å². The topological polar surface area (TPSA) is 26.3 Å². The first kappa shape index (κ1) is 8.92. The second-order valence-corrected chi connectivity index (χ2v) is 2.24. The molecule has 9 heavy (non-hydrogen) atoms. The molecule has 0 aliphatic rings. The molecule has 3 heteroatoms. The first-order chi connectivity index (χ1) is 4.18. The van der Waals surface area contributed by atoms with Gasteiger partial charge in [-0.3, -0.25) is 4.79 Å². The minimum absolute atomic E-state index is 0.174. The highest BCUT2D eigenvalue weighted by Crippen LogP contribution is 2.00. The zero-order valence-electron chi connectivity index (χ0n) is 5.69. The molecule has 1 unspecified atom stereocenters. The van der Waals surface area contributed by atoms with Gasteiger partial charge in [0.15, 0.2) is 0 Å². The van der Waals surface area contributed by atoms with Crippen LogP contribution in [-0.4, -0.2) is 18.5 Å². The van der Waals surface area contributed by atoms with Crippen molar-refractivity contribution in [2.75, 3.05) is 13.2 Å². The van der Waals surface area contributed by atoms with Crippen LogP contribution in [0.2, 0.25) is 0 Å². The Kier molecular flexibility index (Phi) is 4.72. The molecule has 0 aliphatic carbocycles. The fourth-order valence-corrected chi connectivity index (χ4v) is 0.423. The lowest BCUT2D eigenvalue weighted by Gasteiger charge is -2.03. The van der Waals surface area contributed by atoms with Crippen LogP contribution in [0.5, 0.6) is 0 Å². The molecule has 0 amide bonds. The van der Waals surface area contributed by atoms with Gasteiger partial charge >= 0.3 is 0 Å². The smallest absolute Gasteiger partial charge is 0.226 e. The Morgan fingerprint density at radius 3 is 2.67 bits per heavy atom. The Morgan fingerprint density at radius 2 is 2.33 bits per heavy atom. The number of carbonyl (C=O) groups excluding carboxylic acids is 1. The van der Waals surface area contributed by atoms with Crippen LogP contribution < -0.4 is 0 Å². The largest absolute Gasteiger partial charge is 0.381 e. The van der Waals surface area contributed by atoms with Crippen LogP contribution in [0, 0.1) is 5.92 Å². The van der Waals surface area contributed by atoms with Crippen LogP contribution in [0.15, 0.2) is 0 Å². The summed E-state index contributed by atoms with van der Waals surface area (Å²) in [5, 5.41) is -0.330. The van der Waals surface area contributed by atoms with Crippen LogP contribution >= 0.6 is 11.6 Å². The number of halogens is 1. The van der Waals surface area contributed by atoms with E-state index in [0.29, 0.717) is 13.2 Å². The Balaban J connectivity index is 3.27. The second-order valence-electron chi connectivity index (χ2n) is 1.86. The molecule has 2 nitrogen and oxygen atoms in total. The van der Waals surface area contributed by atoms with Crippen molar-refractivity contribution in [3.8, 4) is 0 Å². The van der Waals surface area contributed by atoms with E-state index in [0.717, 1.165) is 0 Å². The minimum Gasteiger partial charge on any atom is -0.381 e. The molecule has 0 radical (unpaired) electrons. The maximum Gasteiger partial charge on any atom is 0.226 e. The molecule has 0 aromatic rings. The number of hydrogen-bond acceptors (Lipinski definition) is 2. The van der Waals surface area contributed by atoms with E-state index in [1.165, 1.54) is 0 Å². The van der Waals surface area contributed by atoms with Crippen molar-refractivity contribution in [1.82, 2.24) is 0 Å². The van der Waals surface area contributed by atoms with Gasteiger partial charge in [-0.1, -0.05) is 6.92 Å². The number of rotatable bonds is 4. The average molecular weight is 151 g/mol. The van der Waals surface area contributed by atoms with Crippen molar-refractivity contribution < 1.29 is 9.53 Å². The summed E-state index contributed by atoms with van der Waals surface area (Å²) in [6.45, 7) is 4.68. The van der Waals surface area contributed by atoms with E-state index in [9.17, 15) is 4.79 Å². The summed E-state index contributed by atoms with van der Waals surface area (Å²) < 4.78 is 4.95. The summed E-state index contributed by atoms with van der Waals surface area (Å²) in [7, 11) is 0. The first-order valence-corrected chi connectivity index (χ1v) is 3.33. The molecule has 1 atom stereocenters. The van der Waals surface area contributed by atoms with E-state index >= 15 is 0 Å². The van der Waals surface area contributed by atoms with Crippen LogP contribution in [-0.2, 0) is 9.53 Å². The van der Waals surface area contributed by atoms with E-state index in [-0.39, 0.29) is 11.2 Å². The quantitative estimate of drug-likeness (QED) is 0.567. The van der Waals surface area contributed by atoms with Crippen molar-refractivity contribution in [3.05, 3.63) is 0 Å². The van der Waals surface area contributed by atoms with E-state index in [1.807, 2.05) is 6.92 Å². The van der Waals surface area contributed by atoms with Gasteiger partial charge in [0.1, 0.15) is 0 Å². The predicted octanol–water partition coefficient (Wildman–Crippen LogP) is 1.42. The van der Waals surface area contributed by atoms with Crippen molar-refractivity contribution in [3.63, 3.8) is 0 Å². The Bertz CT molecular complexity index is 93.1. The SMILES string of the molecule is CCOCC(C)C(=O)Cl. The molecule has 0 heterocycles. The van der Waals surface area contributed by atoms with Crippen molar-refractivity contribution in [2.24, 2.45) is 5.92 Å². The Morgan fingerprint density at radius 1 is 1.78 bits per heavy atom. The Hall–Kier alpha value is -0.0800. The summed E-state index contributed by atoms with van der Waals surface area (Å²) in [6, 6.07) is 0. The van der Waals surface area contributed by atoms with E-state index in [1.54, 1.807) is 6.92 Å². The maximum absolute atomic E-state index is 10.3. The molecular formula is C6H11ClO2. The lowest BCUT2D eigenvalue weighted by Crippen LogP contribution is -2.11. The number of hydrogen-bond donors (Lipinski definition) is 0. The highest BCUT2D eigenvalue weighted by Gasteiger charge is 2.08. The molecule has 0 rings (SSSR count). The van der Waals surface area contributed by atoms with Gasteiger partial charge in [-0.25, -0.2) is 0 Å². The van der Waals surface area contributed by atoms with Gasteiger partial charge in [-0.05, 0) is 18.5 Å². The van der Waals surface area contributed by atoms with Gasteiger partial charge in [-0.15, -0.1) is 0 Å². The summed E-state index contributed by atoms with van der Waals surface area (Å²) in [4.78, 5) is 10.3. The van der Waals surface area contributed by atoms with Crippen LogP contribution in [0.1, 0.15) is 13.8 Å². The minimum atomic E-state index is -0.330. The molecule has 0 fully saturated rings. The maximum atomic E-state index is 10.3. The molecule has 0 N–H and O–H groups in total. The third-order valence-corrected chi connectivity index (χ3v) is 1.33. The van der Waals surface area contributed by atoms with Gasteiger partial charge in [0.05, 0.1) is 12.5 Å². The summed E-state index contributed by atoms with van der Waals surface area (Å²) in [5.41, 5.74) is 0. The number of ether oxygens (including phenoxy) is 1. The molecular weight excluding hydrogens is 140 g/mol. The van der Waals surface area contributed by atoms with Crippen LogP contribution in [0.3, 0.4) is 0 Å². The lowest BCUT2D eigenvalue weighted by atomic mass is 10.2. The highest BCUT2D eigenvalue weighted by molar-refractivity contribution is 6.63. The zero-order chi connectivity index (χ0) is 7.28. The van der Waals surface area contributed by atoms with E-state index < -0.39 is 0 Å². The average Bonchev–Trinajstić information content (AvgIpc) is 1.82. The van der Waals surface area contributed by atoms with E-state index in [4.69, 9.17) is 16.3 Å². The van der Waals surface area contributed by atoms with Gasteiger partial charge in [0.2, 0.25) is 5.24 Å². The predicted molar refractivity (Wildman–Crippen MR) is 36.5 cm³/mol. The summed E-state index contributed by atoms with van der Waals surface area (Å²) in [6.07, 6.45) is 0. The monoisotopic (exact) mass is 150 g/mol. The van der Waals surface area contributed by atoms with Gasteiger partial charge in [0, 0.05) is 6.61 Å². The second kappa shape index (κ2) is 4.77. The standard InChI is InChI=1S/C6H11ClO2/c1-3-9-4-5(2)6(7)8/h5H,3-4H2,1-2H3. The van der Waals surface area contributed by atoms with Crippen LogP contribution in [0.4, 0.5) is 0 Å². The Labute approximate surface area is 60.1 Å². The zero-order valence-corrected chi connectivity index (χ0v) is 6.44. The van der Waals surface area contributed by atoms with Crippen molar-refractivity contribution in [1.29, 1.82) is 0 Å². The molecule has 0 aromatic heterocycles. The van der Waals surface area contributed by atoms with Gasteiger partial charge < -0.3 is 4.74 Å². The third kappa shape index (κ3) is 4.43. The fraction of sp³-hybridized carbons (Fsp3) is 0.833. The van der Waals surface area contributed by atoms with Gasteiger partial charge in [-0.2, -0.15) is 0 Å². The first-order valence-electron chi connectivity index (χ1n) is 2.95. The van der Waals surface area contributed by atoms with Crippen molar-refractivity contribution in [2.45, 2.75) is 13.8 Å². The molecule has 0 bridgehead atoms. The summed E-state index contributed by atoms with van der Waals surface area (Å²) >= 11 is 5.15. The number of carbonyl (C=O) groups is 1. The molecule has 0 saturated heterocycles.